The number of nitrogens with zero attached hydrogens (tertiary/aromatic N) is 2. The Labute approximate surface area is 82.9 Å². The van der Waals surface area contributed by atoms with Crippen LogP contribution in [0.5, 0.6) is 0 Å². The smallest absolute Gasteiger partial charge is 0.196 e. The zero-order valence-corrected chi connectivity index (χ0v) is 8.27. The molecule has 0 bridgehead atoms. The molecule has 1 aromatic rings. The zero-order valence-electron chi connectivity index (χ0n) is 8.27. The van der Waals surface area contributed by atoms with E-state index in [4.69, 9.17) is 4.42 Å². The van der Waals surface area contributed by atoms with Gasteiger partial charge < -0.3 is 9.32 Å². The van der Waals surface area contributed by atoms with Crippen LogP contribution in [0.2, 0.25) is 0 Å². The van der Waals surface area contributed by atoms with Gasteiger partial charge in [0.25, 0.3) is 0 Å². The van der Waals surface area contributed by atoms with E-state index in [-0.39, 0.29) is 0 Å². The van der Waals surface area contributed by atoms with Crippen LogP contribution in [0.3, 0.4) is 0 Å². The average molecular weight is 194 g/mol. The van der Waals surface area contributed by atoms with Crippen molar-refractivity contribution in [3.63, 3.8) is 0 Å². The molecule has 14 heavy (non-hydrogen) atoms. The first-order valence-corrected chi connectivity index (χ1v) is 4.89. The lowest BCUT2D eigenvalue weighted by molar-refractivity contribution is 0.111. The van der Waals surface area contributed by atoms with Gasteiger partial charge in [0.15, 0.2) is 12.2 Å². The molecule has 1 fully saturated rings. The van der Waals surface area contributed by atoms with Gasteiger partial charge in [-0.2, -0.15) is 0 Å². The number of likely N-dealkylation sites (tertiary alicyclic amines) is 1. The van der Waals surface area contributed by atoms with Crippen molar-refractivity contribution in [1.29, 1.82) is 0 Å². The van der Waals surface area contributed by atoms with Gasteiger partial charge in [-0.1, -0.05) is 0 Å². The third-order valence-electron chi connectivity index (χ3n) is 2.77. The molecular formula is C10H14N2O2. The third-order valence-corrected chi connectivity index (χ3v) is 2.77. The van der Waals surface area contributed by atoms with Crippen LogP contribution in [0.4, 0.5) is 0 Å². The number of oxazole rings is 1. The lowest BCUT2D eigenvalue weighted by Gasteiger charge is -2.16. The fourth-order valence-electron chi connectivity index (χ4n) is 1.91. The standard InChI is InChI=1S/C10H14N2O2/c1-12-4-2-3-9(12)5-10-11-8(6-13)7-14-10/h6-7,9H,2-5H2,1H3. The second kappa shape index (κ2) is 3.92. The predicted molar refractivity (Wildman–Crippen MR) is 51.2 cm³/mol. The Bertz CT molecular complexity index is 322. The summed E-state index contributed by atoms with van der Waals surface area (Å²) in [5.41, 5.74) is 0.389. The molecule has 1 saturated heterocycles. The van der Waals surface area contributed by atoms with Gasteiger partial charge >= 0.3 is 0 Å². The minimum atomic E-state index is 0.389. The average Bonchev–Trinajstić information content (AvgIpc) is 2.77. The van der Waals surface area contributed by atoms with E-state index >= 15 is 0 Å². The molecule has 1 aromatic heterocycles. The van der Waals surface area contributed by atoms with E-state index < -0.39 is 0 Å². The van der Waals surface area contributed by atoms with Gasteiger partial charge in [0, 0.05) is 12.5 Å². The number of hydrogen-bond donors (Lipinski definition) is 0. The molecule has 1 aliphatic rings. The van der Waals surface area contributed by atoms with E-state index in [0.717, 1.165) is 13.0 Å². The largest absolute Gasteiger partial charge is 0.448 e. The fraction of sp³-hybridized carbons (Fsp3) is 0.600. The molecule has 1 atom stereocenters. The van der Waals surface area contributed by atoms with E-state index in [9.17, 15) is 4.79 Å². The Hall–Kier alpha value is -1.16. The molecule has 4 heteroatoms. The topological polar surface area (TPSA) is 46.3 Å². The van der Waals surface area contributed by atoms with Gasteiger partial charge in [-0.25, -0.2) is 4.98 Å². The second-order valence-electron chi connectivity index (χ2n) is 3.76. The van der Waals surface area contributed by atoms with Crippen LogP contribution < -0.4 is 0 Å². The number of carbonyl (C=O) groups excluding carboxylic acids is 1. The van der Waals surface area contributed by atoms with Crippen molar-refractivity contribution < 1.29 is 9.21 Å². The van der Waals surface area contributed by atoms with Crippen molar-refractivity contribution in [1.82, 2.24) is 9.88 Å². The number of aromatic nitrogens is 1. The Morgan fingerprint density at radius 1 is 1.79 bits per heavy atom. The minimum Gasteiger partial charge on any atom is -0.448 e. The molecule has 2 heterocycles. The highest BCUT2D eigenvalue weighted by Crippen LogP contribution is 2.18. The minimum absolute atomic E-state index is 0.389. The predicted octanol–water partition coefficient (Wildman–Crippen LogP) is 1.12. The monoisotopic (exact) mass is 194 g/mol. The summed E-state index contributed by atoms with van der Waals surface area (Å²) in [7, 11) is 2.11. The normalized spacial score (nSPS) is 22.8. The first-order valence-electron chi connectivity index (χ1n) is 4.89. The summed E-state index contributed by atoms with van der Waals surface area (Å²) < 4.78 is 5.20. The van der Waals surface area contributed by atoms with Crippen LogP contribution in [0, 0.1) is 0 Å². The maximum Gasteiger partial charge on any atom is 0.196 e. The highest BCUT2D eigenvalue weighted by molar-refractivity contribution is 5.70. The lowest BCUT2D eigenvalue weighted by Crippen LogP contribution is -2.26. The molecule has 0 aliphatic carbocycles. The lowest BCUT2D eigenvalue weighted by atomic mass is 10.1. The van der Waals surface area contributed by atoms with Crippen LogP contribution in [0.15, 0.2) is 10.7 Å². The van der Waals surface area contributed by atoms with Crippen LogP contribution in [-0.4, -0.2) is 35.8 Å². The summed E-state index contributed by atoms with van der Waals surface area (Å²) in [6.45, 7) is 1.14. The third kappa shape index (κ3) is 1.85. The van der Waals surface area contributed by atoms with Gasteiger partial charge in [0.1, 0.15) is 12.0 Å². The fourth-order valence-corrected chi connectivity index (χ4v) is 1.91. The van der Waals surface area contributed by atoms with Gasteiger partial charge in [-0.05, 0) is 26.4 Å². The number of hydrogen-bond acceptors (Lipinski definition) is 4. The van der Waals surface area contributed by atoms with E-state index in [1.807, 2.05) is 0 Å². The molecule has 2 rings (SSSR count). The molecular weight excluding hydrogens is 180 g/mol. The van der Waals surface area contributed by atoms with Crippen molar-refractivity contribution in [2.45, 2.75) is 25.3 Å². The summed E-state index contributed by atoms with van der Waals surface area (Å²) in [6, 6.07) is 0.521. The maximum absolute atomic E-state index is 10.4. The van der Waals surface area contributed by atoms with Gasteiger partial charge in [0.2, 0.25) is 0 Å². The van der Waals surface area contributed by atoms with Gasteiger partial charge in [-0.15, -0.1) is 0 Å². The number of carbonyl (C=O) groups is 1. The molecule has 1 unspecified atom stereocenters. The molecule has 76 valence electrons. The number of likely N-dealkylation sites (N-methyl/N-ethyl adjacent to an activating group) is 1. The molecule has 1 aliphatic heterocycles. The van der Waals surface area contributed by atoms with E-state index in [1.54, 1.807) is 0 Å². The summed E-state index contributed by atoms with van der Waals surface area (Å²) in [6.07, 6.45) is 5.37. The van der Waals surface area contributed by atoms with Gasteiger partial charge in [0.05, 0.1) is 0 Å². The Morgan fingerprint density at radius 3 is 3.21 bits per heavy atom. The van der Waals surface area contributed by atoms with Crippen molar-refractivity contribution >= 4 is 6.29 Å². The van der Waals surface area contributed by atoms with Crippen LogP contribution in [0.25, 0.3) is 0 Å². The molecule has 0 spiro atoms. The van der Waals surface area contributed by atoms with Gasteiger partial charge in [-0.3, -0.25) is 4.79 Å². The SMILES string of the molecule is CN1CCCC1Cc1nc(C=O)co1. The van der Waals surface area contributed by atoms with Crippen LogP contribution in [0.1, 0.15) is 29.2 Å². The Kier molecular flexibility index (Phi) is 2.63. The first-order chi connectivity index (χ1) is 6.79. The number of rotatable bonds is 3. The molecule has 0 radical (unpaired) electrons. The van der Waals surface area contributed by atoms with Crippen LogP contribution >= 0.6 is 0 Å². The summed E-state index contributed by atoms with van der Waals surface area (Å²) >= 11 is 0. The first kappa shape index (κ1) is 9.40. The second-order valence-corrected chi connectivity index (χ2v) is 3.76. The number of aldehydes is 1. The summed E-state index contributed by atoms with van der Waals surface area (Å²) in [5, 5.41) is 0. The summed E-state index contributed by atoms with van der Waals surface area (Å²) in [4.78, 5) is 16.8. The van der Waals surface area contributed by atoms with Crippen molar-refractivity contribution in [2.24, 2.45) is 0 Å². The molecule has 0 amide bonds. The highest BCUT2D eigenvalue weighted by atomic mass is 16.3. The molecule has 0 N–H and O–H groups in total. The van der Waals surface area contributed by atoms with Crippen molar-refractivity contribution in [2.75, 3.05) is 13.6 Å². The quantitative estimate of drug-likeness (QED) is 0.676. The Morgan fingerprint density at radius 2 is 2.64 bits per heavy atom. The van der Waals surface area contributed by atoms with E-state index in [2.05, 4.69) is 16.9 Å². The molecule has 0 aromatic carbocycles. The van der Waals surface area contributed by atoms with Crippen molar-refractivity contribution in [3.05, 3.63) is 17.8 Å². The van der Waals surface area contributed by atoms with Crippen molar-refractivity contribution in [3.8, 4) is 0 Å². The van der Waals surface area contributed by atoms with Crippen LogP contribution in [-0.2, 0) is 6.42 Å². The summed E-state index contributed by atoms with van der Waals surface area (Å²) in [5.74, 6) is 0.672. The molecule has 4 nitrogen and oxygen atoms in total. The zero-order chi connectivity index (χ0) is 9.97. The van der Waals surface area contributed by atoms with E-state index in [1.165, 1.54) is 19.1 Å². The van der Waals surface area contributed by atoms with E-state index in [0.29, 0.717) is 23.9 Å². The molecule has 0 saturated carbocycles. The highest BCUT2D eigenvalue weighted by Gasteiger charge is 2.22. The Balaban J connectivity index is 1.99. The maximum atomic E-state index is 10.4.